The van der Waals surface area contributed by atoms with E-state index in [0.717, 1.165) is 16.8 Å². The van der Waals surface area contributed by atoms with Crippen molar-refractivity contribution in [2.45, 2.75) is 27.0 Å². The molecule has 2 aromatic rings. The van der Waals surface area contributed by atoms with Gasteiger partial charge in [0, 0.05) is 25.2 Å². The van der Waals surface area contributed by atoms with Crippen molar-refractivity contribution in [3.8, 4) is 5.88 Å². The number of carbonyl (C=O) groups excluding carboxylic acids is 1. The number of carbonyl (C=O) groups is 1. The highest BCUT2D eigenvalue weighted by Crippen LogP contribution is 2.13. The maximum atomic E-state index is 10.8. The minimum atomic E-state index is -0.0425. The Morgan fingerprint density at radius 1 is 1.24 bits per heavy atom. The number of nitrogens with zero attached hydrogens (tertiary/aromatic N) is 2. The van der Waals surface area contributed by atoms with E-state index in [4.69, 9.17) is 10.5 Å². The van der Waals surface area contributed by atoms with Gasteiger partial charge in [-0.05, 0) is 18.1 Å². The zero-order valence-corrected chi connectivity index (χ0v) is 12.1. The van der Waals surface area contributed by atoms with Crippen molar-refractivity contribution in [2.75, 3.05) is 5.73 Å². The van der Waals surface area contributed by atoms with Crippen LogP contribution < -0.4 is 15.8 Å². The molecule has 0 saturated carbocycles. The van der Waals surface area contributed by atoms with Crippen LogP contribution in [0.1, 0.15) is 23.7 Å². The van der Waals surface area contributed by atoms with Crippen LogP contribution in [0.2, 0.25) is 0 Å². The fourth-order valence-corrected chi connectivity index (χ4v) is 1.77. The van der Waals surface area contributed by atoms with Crippen molar-refractivity contribution < 1.29 is 9.53 Å². The first-order valence-corrected chi connectivity index (χ1v) is 6.59. The summed E-state index contributed by atoms with van der Waals surface area (Å²) in [6, 6.07) is 9.55. The van der Waals surface area contributed by atoms with Crippen LogP contribution in [0.4, 0.5) is 5.95 Å². The maximum Gasteiger partial charge on any atom is 0.223 e. The number of hydrogen-bond donors (Lipinski definition) is 2. The lowest BCUT2D eigenvalue weighted by Gasteiger charge is -2.08. The quantitative estimate of drug-likeness (QED) is 0.871. The SMILES string of the molecule is CC(=O)NCc1ccc(COc2cc(C)nc(N)n2)cc1. The van der Waals surface area contributed by atoms with Gasteiger partial charge in [0.05, 0.1) is 0 Å². The summed E-state index contributed by atoms with van der Waals surface area (Å²) in [5.41, 5.74) is 8.38. The fourth-order valence-electron chi connectivity index (χ4n) is 1.77. The standard InChI is InChI=1S/C15H18N4O2/c1-10-7-14(19-15(16)18-10)21-9-13-5-3-12(4-6-13)8-17-11(2)20/h3-7H,8-9H2,1-2H3,(H,17,20)(H2,16,18,19). The number of hydrogen-bond acceptors (Lipinski definition) is 5. The van der Waals surface area contributed by atoms with Crippen molar-refractivity contribution in [2.24, 2.45) is 0 Å². The Hall–Kier alpha value is -2.63. The predicted octanol–water partition coefficient (Wildman–Crippen LogP) is 1.58. The molecule has 0 fully saturated rings. The van der Waals surface area contributed by atoms with Gasteiger partial charge in [0.25, 0.3) is 0 Å². The smallest absolute Gasteiger partial charge is 0.223 e. The monoisotopic (exact) mass is 286 g/mol. The fraction of sp³-hybridized carbons (Fsp3) is 0.267. The van der Waals surface area contributed by atoms with Gasteiger partial charge in [0.2, 0.25) is 17.7 Å². The second-order valence-corrected chi connectivity index (χ2v) is 4.72. The summed E-state index contributed by atoms with van der Waals surface area (Å²) in [6.07, 6.45) is 0. The van der Waals surface area contributed by atoms with Crippen LogP contribution in [-0.2, 0) is 17.9 Å². The molecule has 0 spiro atoms. The molecule has 0 aliphatic carbocycles. The molecule has 0 radical (unpaired) electrons. The molecule has 2 rings (SSSR count). The van der Waals surface area contributed by atoms with E-state index in [0.29, 0.717) is 19.0 Å². The molecule has 0 aliphatic heterocycles. The zero-order valence-electron chi connectivity index (χ0n) is 12.1. The maximum absolute atomic E-state index is 10.8. The average Bonchev–Trinajstić information content (AvgIpc) is 2.43. The highest BCUT2D eigenvalue weighted by molar-refractivity contribution is 5.72. The molecule has 0 saturated heterocycles. The van der Waals surface area contributed by atoms with Crippen LogP contribution in [0.5, 0.6) is 5.88 Å². The Bertz CT molecular complexity index is 606. The van der Waals surface area contributed by atoms with Crippen molar-refractivity contribution in [3.63, 3.8) is 0 Å². The normalized spacial score (nSPS) is 10.2. The highest BCUT2D eigenvalue weighted by Gasteiger charge is 2.02. The number of amides is 1. The Kier molecular flexibility index (Phi) is 4.71. The summed E-state index contributed by atoms with van der Waals surface area (Å²) < 4.78 is 5.59. The molecule has 6 nitrogen and oxygen atoms in total. The first-order valence-electron chi connectivity index (χ1n) is 6.59. The zero-order chi connectivity index (χ0) is 15.2. The number of nitrogens with one attached hydrogen (secondary N) is 1. The Balaban J connectivity index is 1.92. The van der Waals surface area contributed by atoms with Crippen LogP contribution in [-0.4, -0.2) is 15.9 Å². The number of rotatable bonds is 5. The molecule has 0 bridgehead atoms. The molecule has 0 atom stereocenters. The third-order valence-electron chi connectivity index (χ3n) is 2.80. The van der Waals surface area contributed by atoms with Crippen LogP contribution in [0.15, 0.2) is 30.3 Å². The van der Waals surface area contributed by atoms with Gasteiger partial charge in [-0.15, -0.1) is 0 Å². The first-order chi connectivity index (χ1) is 10.0. The first kappa shape index (κ1) is 14.8. The summed E-state index contributed by atoms with van der Waals surface area (Å²) >= 11 is 0. The molecule has 1 amide bonds. The number of benzene rings is 1. The Labute approximate surface area is 123 Å². The minimum Gasteiger partial charge on any atom is -0.473 e. The molecular formula is C15H18N4O2. The molecule has 1 aromatic heterocycles. The molecule has 0 unspecified atom stereocenters. The van der Waals surface area contributed by atoms with Crippen LogP contribution in [0.25, 0.3) is 0 Å². The van der Waals surface area contributed by atoms with Gasteiger partial charge in [0.1, 0.15) is 6.61 Å². The third-order valence-corrected chi connectivity index (χ3v) is 2.80. The van der Waals surface area contributed by atoms with Crippen molar-refractivity contribution in [3.05, 3.63) is 47.2 Å². The van der Waals surface area contributed by atoms with Crippen LogP contribution in [0, 0.1) is 6.92 Å². The summed E-state index contributed by atoms with van der Waals surface area (Å²) in [5.74, 6) is 0.622. The lowest BCUT2D eigenvalue weighted by molar-refractivity contribution is -0.119. The van der Waals surface area contributed by atoms with Gasteiger partial charge in [0.15, 0.2) is 0 Å². The number of aromatic nitrogens is 2. The molecule has 21 heavy (non-hydrogen) atoms. The summed E-state index contributed by atoms with van der Waals surface area (Å²) in [7, 11) is 0. The highest BCUT2D eigenvalue weighted by atomic mass is 16.5. The average molecular weight is 286 g/mol. The predicted molar refractivity (Wildman–Crippen MR) is 79.5 cm³/mol. The summed E-state index contributed by atoms with van der Waals surface area (Å²) in [5, 5.41) is 2.75. The minimum absolute atomic E-state index is 0.0425. The molecule has 3 N–H and O–H groups in total. The summed E-state index contributed by atoms with van der Waals surface area (Å²) in [6.45, 7) is 4.26. The number of ether oxygens (including phenoxy) is 1. The van der Waals surface area contributed by atoms with E-state index in [-0.39, 0.29) is 11.9 Å². The lowest BCUT2D eigenvalue weighted by atomic mass is 10.1. The van der Waals surface area contributed by atoms with E-state index in [1.54, 1.807) is 6.07 Å². The lowest BCUT2D eigenvalue weighted by Crippen LogP contribution is -2.18. The largest absolute Gasteiger partial charge is 0.473 e. The van der Waals surface area contributed by atoms with E-state index >= 15 is 0 Å². The van der Waals surface area contributed by atoms with Gasteiger partial charge < -0.3 is 15.8 Å². The van der Waals surface area contributed by atoms with Crippen molar-refractivity contribution in [1.82, 2.24) is 15.3 Å². The summed E-state index contributed by atoms with van der Waals surface area (Å²) in [4.78, 5) is 18.8. The number of anilines is 1. The molecule has 6 heteroatoms. The molecule has 110 valence electrons. The Morgan fingerprint density at radius 3 is 2.52 bits per heavy atom. The second kappa shape index (κ2) is 6.69. The van der Waals surface area contributed by atoms with Crippen molar-refractivity contribution >= 4 is 11.9 Å². The van der Waals surface area contributed by atoms with E-state index in [1.165, 1.54) is 6.92 Å². The van der Waals surface area contributed by atoms with Gasteiger partial charge in [-0.25, -0.2) is 4.98 Å². The van der Waals surface area contributed by atoms with Crippen LogP contribution >= 0.6 is 0 Å². The van der Waals surface area contributed by atoms with Crippen molar-refractivity contribution in [1.29, 1.82) is 0 Å². The number of aryl methyl sites for hydroxylation is 1. The Morgan fingerprint density at radius 2 is 1.90 bits per heavy atom. The second-order valence-electron chi connectivity index (χ2n) is 4.72. The van der Waals surface area contributed by atoms with E-state index in [2.05, 4.69) is 15.3 Å². The van der Waals surface area contributed by atoms with Gasteiger partial charge >= 0.3 is 0 Å². The molecule has 1 heterocycles. The van der Waals surface area contributed by atoms with Gasteiger partial charge in [-0.1, -0.05) is 24.3 Å². The van der Waals surface area contributed by atoms with Gasteiger partial charge in [-0.3, -0.25) is 4.79 Å². The molecular weight excluding hydrogens is 268 g/mol. The van der Waals surface area contributed by atoms with E-state index in [1.807, 2.05) is 31.2 Å². The topological polar surface area (TPSA) is 90.1 Å². The van der Waals surface area contributed by atoms with E-state index in [9.17, 15) is 4.79 Å². The van der Waals surface area contributed by atoms with E-state index < -0.39 is 0 Å². The third kappa shape index (κ3) is 4.76. The number of nitrogens with two attached hydrogens (primary N) is 1. The van der Waals surface area contributed by atoms with Crippen LogP contribution in [0.3, 0.4) is 0 Å². The number of nitrogen functional groups attached to an aromatic ring is 1. The molecule has 0 aliphatic rings. The van der Waals surface area contributed by atoms with Gasteiger partial charge in [-0.2, -0.15) is 4.98 Å². The molecule has 1 aromatic carbocycles.